The summed E-state index contributed by atoms with van der Waals surface area (Å²) in [7, 11) is 0. The Labute approximate surface area is 161 Å². The fourth-order valence-electron chi connectivity index (χ4n) is 2.76. The number of aryl methyl sites for hydroxylation is 1. The molecule has 0 atom stereocenters. The number of ether oxygens (including phenoxy) is 2. The Morgan fingerprint density at radius 2 is 1.74 bits per heavy atom. The van der Waals surface area contributed by atoms with Crippen molar-refractivity contribution in [2.24, 2.45) is 0 Å². The lowest BCUT2D eigenvalue weighted by Gasteiger charge is -2.26. The van der Waals surface area contributed by atoms with Gasteiger partial charge in [-0.25, -0.2) is 9.59 Å². The molecule has 1 aliphatic rings. The number of rotatable bonds is 2. The number of aromatic nitrogens is 2. The molecule has 0 saturated carbocycles. The molecule has 0 N–H and O–H groups in total. The molecule has 2 heterocycles. The molecule has 2 amide bonds. The van der Waals surface area contributed by atoms with Gasteiger partial charge in [0, 0.05) is 25.7 Å². The third kappa shape index (κ3) is 5.87. The largest absolute Gasteiger partial charge is 0.444 e. The molecule has 0 saturated heterocycles. The van der Waals surface area contributed by atoms with Gasteiger partial charge in [-0.2, -0.15) is 5.10 Å². The van der Waals surface area contributed by atoms with Crippen LogP contribution in [0.1, 0.15) is 60.6 Å². The average molecular weight is 380 g/mol. The number of carbonyl (C=O) groups excluding carboxylic acids is 2. The van der Waals surface area contributed by atoms with Gasteiger partial charge in [-0.15, -0.1) is 0 Å². The highest BCUT2D eigenvalue weighted by atomic mass is 16.6. The molecule has 152 valence electrons. The number of fused-ring (bicyclic) bond motifs is 1. The monoisotopic (exact) mass is 380 g/mol. The van der Waals surface area contributed by atoms with Crippen LogP contribution in [0.2, 0.25) is 0 Å². The average Bonchev–Trinajstić information content (AvgIpc) is 2.75. The fraction of sp³-hybridized carbons (Fsp3) is 0.737. The second kappa shape index (κ2) is 7.78. The predicted molar refractivity (Wildman–Crippen MR) is 103 cm³/mol. The van der Waals surface area contributed by atoms with Crippen LogP contribution in [0.25, 0.3) is 0 Å². The van der Waals surface area contributed by atoms with Crippen LogP contribution in [0.3, 0.4) is 0 Å². The van der Waals surface area contributed by atoms with Gasteiger partial charge in [0.2, 0.25) is 0 Å². The molecule has 0 aliphatic carbocycles. The highest BCUT2D eigenvalue weighted by Gasteiger charge is 2.28. The molecular formula is C19H32N4O4. The van der Waals surface area contributed by atoms with Gasteiger partial charge in [0.05, 0.1) is 12.2 Å². The van der Waals surface area contributed by atoms with E-state index in [0.29, 0.717) is 32.0 Å². The Bertz CT molecular complexity index is 685. The van der Waals surface area contributed by atoms with E-state index in [2.05, 4.69) is 5.10 Å². The van der Waals surface area contributed by atoms with Crippen molar-refractivity contribution in [3.63, 3.8) is 0 Å². The van der Waals surface area contributed by atoms with E-state index in [9.17, 15) is 9.59 Å². The van der Waals surface area contributed by atoms with Crippen LogP contribution in [0, 0.1) is 0 Å². The lowest BCUT2D eigenvalue weighted by atomic mass is 10.2. The fourth-order valence-corrected chi connectivity index (χ4v) is 2.76. The lowest BCUT2D eigenvalue weighted by Crippen LogP contribution is -2.37. The lowest BCUT2D eigenvalue weighted by molar-refractivity contribution is 0.0236. The number of nitrogens with zero attached hydrogens (tertiary/aromatic N) is 4. The Hall–Kier alpha value is -2.25. The Morgan fingerprint density at radius 1 is 1.11 bits per heavy atom. The molecule has 0 aromatic carbocycles. The molecule has 1 aromatic rings. The number of hydrogen-bond acceptors (Lipinski definition) is 5. The summed E-state index contributed by atoms with van der Waals surface area (Å²) in [6.07, 6.45) is 0.00629. The molecule has 27 heavy (non-hydrogen) atoms. The number of amides is 2. The highest BCUT2D eigenvalue weighted by Crippen LogP contribution is 2.22. The minimum absolute atomic E-state index is 0.335. The molecule has 0 spiro atoms. The quantitative estimate of drug-likeness (QED) is 0.780. The van der Waals surface area contributed by atoms with Crippen molar-refractivity contribution in [1.82, 2.24) is 14.7 Å². The van der Waals surface area contributed by atoms with Gasteiger partial charge in [0.25, 0.3) is 0 Å². The SMILES string of the molecule is CCN(C(=O)OC(C)(C)C)c1cc2n(n1)CCCN(C(=O)OC(C)(C)C)C2. The summed E-state index contributed by atoms with van der Waals surface area (Å²) in [5, 5.41) is 4.56. The van der Waals surface area contributed by atoms with Gasteiger partial charge in [-0.3, -0.25) is 9.58 Å². The Balaban J connectivity index is 2.18. The van der Waals surface area contributed by atoms with Crippen molar-refractivity contribution in [2.75, 3.05) is 18.0 Å². The van der Waals surface area contributed by atoms with Crippen LogP contribution in [0.15, 0.2) is 6.07 Å². The van der Waals surface area contributed by atoms with Crippen molar-refractivity contribution >= 4 is 18.0 Å². The first-order chi connectivity index (χ1) is 12.4. The first kappa shape index (κ1) is 21.1. The molecule has 2 rings (SSSR count). The van der Waals surface area contributed by atoms with Crippen molar-refractivity contribution in [3.8, 4) is 0 Å². The molecular weight excluding hydrogens is 348 g/mol. The predicted octanol–water partition coefficient (Wildman–Crippen LogP) is 3.79. The summed E-state index contributed by atoms with van der Waals surface area (Å²) in [5.41, 5.74) is -0.241. The van der Waals surface area contributed by atoms with Crippen LogP contribution < -0.4 is 4.90 Å². The zero-order valence-electron chi connectivity index (χ0n) is 17.5. The standard InChI is InChI=1S/C19H32N4O4/c1-8-22(17(25)27-19(5,6)7)15-12-14-13-21(10-9-11-23(14)20-15)16(24)26-18(2,3)4/h12H,8-11,13H2,1-7H3. The number of carbonyl (C=O) groups is 2. The zero-order valence-corrected chi connectivity index (χ0v) is 17.5. The van der Waals surface area contributed by atoms with Gasteiger partial charge >= 0.3 is 12.2 Å². The van der Waals surface area contributed by atoms with Crippen LogP contribution in [-0.4, -0.2) is 51.2 Å². The third-order valence-electron chi connectivity index (χ3n) is 3.86. The van der Waals surface area contributed by atoms with Crippen molar-refractivity contribution in [3.05, 3.63) is 11.8 Å². The third-order valence-corrected chi connectivity index (χ3v) is 3.86. The number of hydrogen-bond donors (Lipinski definition) is 0. The molecule has 1 aromatic heterocycles. The maximum atomic E-state index is 12.5. The second-order valence-corrected chi connectivity index (χ2v) is 8.70. The first-order valence-electron chi connectivity index (χ1n) is 9.45. The highest BCUT2D eigenvalue weighted by molar-refractivity contribution is 5.86. The Kier molecular flexibility index (Phi) is 6.07. The van der Waals surface area contributed by atoms with Crippen LogP contribution in [-0.2, 0) is 22.6 Å². The van der Waals surface area contributed by atoms with Gasteiger partial charge in [-0.05, 0) is 54.9 Å². The summed E-state index contributed by atoms with van der Waals surface area (Å²) in [4.78, 5) is 28.1. The van der Waals surface area contributed by atoms with Crippen LogP contribution in [0.4, 0.5) is 15.4 Å². The summed E-state index contributed by atoms with van der Waals surface area (Å²) >= 11 is 0. The van der Waals surface area contributed by atoms with Gasteiger partial charge in [0.15, 0.2) is 5.82 Å². The van der Waals surface area contributed by atoms with Crippen LogP contribution in [0.5, 0.6) is 0 Å². The smallest absolute Gasteiger partial charge is 0.416 e. The van der Waals surface area contributed by atoms with E-state index in [0.717, 1.165) is 12.1 Å². The zero-order chi connectivity index (χ0) is 20.4. The van der Waals surface area contributed by atoms with Crippen LogP contribution >= 0.6 is 0 Å². The van der Waals surface area contributed by atoms with E-state index in [1.807, 2.05) is 59.2 Å². The Morgan fingerprint density at radius 3 is 2.30 bits per heavy atom. The molecule has 0 unspecified atom stereocenters. The van der Waals surface area contributed by atoms with Gasteiger partial charge < -0.3 is 14.4 Å². The van der Waals surface area contributed by atoms with E-state index < -0.39 is 17.3 Å². The van der Waals surface area contributed by atoms with E-state index in [4.69, 9.17) is 9.47 Å². The van der Waals surface area contributed by atoms with Gasteiger partial charge in [-0.1, -0.05) is 0 Å². The molecule has 0 bridgehead atoms. The maximum Gasteiger partial charge on any atom is 0.416 e. The van der Waals surface area contributed by atoms with E-state index in [-0.39, 0.29) is 6.09 Å². The summed E-state index contributed by atoms with van der Waals surface area (Å²) in [5.74, 6) is 0.535. The summed E-state index contributed by atoms with van der Waals surface area (Å²) < 4.78 is 12.8. The van der Waals surface area contributed by atoms with E-state index in [1.165, 1.54) is 4.90 Å². The molecule has 0 radical (unpaired) electrons. The van der Waals surface area contributed by atoms with E-state index in [1.54, 1.807) is 4.90 Å². The maximum absolute atomic E-state index is 12.5. The number of anilines is 1. The summed E-state index contributed by atoms with van der Waals surface area (Å²) in [6, 6.07) is 1.84. The normalized spacial score (nSPS) is 15.0. The molecule has 8 heteroatoms. The minimum atomic E-state index is -0.575. The van der Waals surface area contributed by atoms with Crippen molar-refractivity contribution < 1.29 is 19.1 Å². The van der Waals surface area contributed by atoms with Gasteiger partial charge in [0.1, 0.15) is 11.2 Å². The van der Waals surface area contributed by atoms with Crippen molar-refractivity contribution in [1.29, 1.82) is 0 Å². The topological polar surface area (TPSA) is 76.9 Å². The second-order valence-electron chi connectivity index (χ2n) is 8.70. The molecule has 1 aliphatic heterocycles. The van der Waals surface area contributed by atoms with Crippen molar-refractivity contribution in [2.45, 2.75) is 79.2 Å². The minimum Gasteiger partial charge on any atom is -0.444 e. The summed E-state index contributed by atoms with van der Waals surface area (Å²) in [6.45, 7) is 15.1. The van der Waals surface area contributed by atoms with E-state index >= 15 is 0 Å². The first-order valence-corrected chi connectivity index (χ1v) is 9.45. The molecule has 8 nitrogen and oxygen atoms in total. The molecule has 0 fully saturated rings.